The first kappa shape index (κ1) is 14.2. The highest BCUT2D eigenvalue weighted by Crippen LogP contribution is 2.35. The van der Waals surface area contributed by atoms with Crippen molar-refractivity contribution < 1.29 is 14.4 Å². The second-order valence-corrected chi connectivity index (χ2v) is 3.93. The number of hydrogen-bond acceptors (Lipinski definition) is 5. The third-order valence-electron chi connectivity index (χ3n) is 2.68. The fraction of sp³-hybridized carbons (Fsp3) is 0.500. The third kappa shape index (κ3) is 3.10. The van der Waals surface area contributed by atoms with Crippen molar-refractivity contribution in [2.75, 3.05) is 7.11 Å². The van der Waals surface area contributed by atoms with Crippen LogP contribution in [0.2, 0.25) is 0 Å². The van der Waals surface area contributed by atoms with Crippen molar-refractivity contribution in [2.45, 2.75) is 32.9 Å². The number of nitrogens with zero attached hydrogens (tertiary/aromatic N) is 1. The largest absolute Gasteiger partial charge is 0.493 e. The van der Waals surface area contributed by atoms with Crippen molar-refractivity contribution in [2.24, 2.45) is 5.73 Å². The number of hydrogen-bond donors (Lipinski definition) is 1. The van der Waals surface area contributed by atoms with Crippen LogP contribution in [0, 0.1) is 10.1 Å². The van der Waals surface area contributed by atoms with Gasteiger partial charge in [-0.2, -0.15) is 0 Å². The molecule has 1 rings (SSSR count). The average Bonchev–Trinajstić information content (AvgIpc) is 2.37. The van der Waals surface area contributed by atoms with E-state index in [-0.39, 0.29) is 18.3 Å². The van der Waals surface area contributed by atoms with Gasteiger partial charge in [0.2, 0.25) is 0 Å². The van der Waals surface area contributed by atoms with Gasteiger partial charge in [-0.15, -0.1) is 0 Å². The van der Waals surface area contributed by atoms with Gasteiger partial charge in [0.1, 0.15) is 0 Å². The summed E-state index contributed by atoms with van der Waals surface area (Å²) in [5.41, 5.74) is 5.87. The van der Waals surface area contributed by atoms with Crippen molar-refractivity contribution >= 4 is 5.69 Å². The first-order valence-electron chi connectivity index (χ1n) is 5.75. The second-order valence-electron chi connectivity index (χ2n) is 3.93. The van der Waals surface area contributed by atoms with Crippen molar-refractivity contribution in [3.05, 3.63) is 27.8 Å². The molecule has 1 aromatic carbocycles. The van der Waals surface area contributed by atoms with Gasteiger partial charge < -0.3 is 15.2 Å². The summed E-state index contributed by atoms with van der Waals surface area (Å²) < 4.78 is 10.8. The van der Waals surface area contributed by atoms with E-state index in [1.54, 1.807) is 6.07 Å². The van der Waals surface area contributed by atoms with Crippen molar-refractivity contribution in [1.29, 1.82) is 0 Å². The van der Waals surface area contributed by atoms with Gasteiger partial charge in [0.25, 0.3) is 5.69 Å². The standard InChI is InChI=1S/C12H18N2O4/c1-4-8(2)18-12-6-10(14(15)16)9(7-13)5-11(12)17-3/h5-6,8H,4,7,13H2,1-3H3. The summed E-state index contributed by atoms with van der Waals surface area (Å²) in [7, 11) is 1.49. The number of nitrogens with two attached hydrogens (primary N) is 1. The van der Waals surface area contributed by atoms with E-state index in [2.05, 4.69) is 0 Å². The summed E-state index contributed by atoms with van der Waals surface area (Å²) in [5, 5.41) is 10.9. The third-order valence-corrected chi connectivity index (χ3v) is 2.68. The Labute approximate surface area is 106 Å². The Bertz CT molecular complexity index is 434. The summed E-state index contributed by atoms with van der Waals surface area (Å²) in [5.74, 6) is 0.831. The number of methoxy groups -OCH3 is 1. The summed E-state index contributed by atoms with van der Waals surface area (Å²) >= 11 is 0. The monoisotopic (exact) mass is 254 g/mol. The highest BCUT2D eigenvalue weighted by atomic mass is 16.6. The predicted molar refractivity (Wildman–Crippen MR) is 67.9 cm³/mol. The highest BCUT2D eigenvalue weighted by molar-refractivity contribution is 5.54. The molecule has 0 bridgehead atoms. The average molecular weight is 254 g/mol. The molecule has 0 fully saturated rings. The van der Waals surface area contributed by atoms with Gasteiger partial charge in [-0.3, -0.25) is 10.1 Å². The zero-order valence-corrected chi connectivity index (χ0v) is 10.8. The predicted octanol–water partition coefficient (Wildman–Crippen LogP) is 2.24. The maximum atomic E-state index is 10.9. The Balaban J connectivity index is 3.23. The molecule has 6 heteroatoms. The van der Waals surface area contributed by atoms with E-state index in [1.165, 1.54) is 13.2 Å². The number of ether oxygens (including phenoxy) is 2. The van der Waals surface area contributed by atoms with Crippen molar-refractivity contribution in [3.63, 3.8) is 0 Å². The number of nitro groups is 1. The van der Waals surface area contributed by atoms with Gasteiger partial charge in [-0.05, 0) is 19.4 Å². The molecule has 0 saturated heterocycles. The van der Waals surface area contributed by atoms with Crippen LogP contribution in [-0.4, -0.2) is 18.1 Å². The summed E-state index contributed by atoms with van der Waals surface area (Å²) in [6, 6.07) is 2.92. The Morgan fingerprint density at radius 2 is 2.11 bits per heavy atom. The normalized spacial score (nSPS) is 12.0. The molecule has 0 heterocycles. The minimum Gasteiger partial charge on any atom is -0.493 e. The molecule has 0 saturated carbocycles. The molecule has 18 heavy (non-hydrogen) atoms. The van der Waals surface area contributed by atoms with E-state index in [4.69, 9.17) is 15.2 Å². The fourth-order valence-electron chi connectivity index (χ4n) is 1.48. The van der Waals surface area contributed by atoms with E-state index in [0.29, 0.717) is 17.1 Å². The van der Waals surface area contributed by atoms with Crippen LogP contribution in [0.4, 0.5) is 5.69 Å². The first-order chi connectivity index (χ1) is 8.53. The van der Waals surface area contributed by atoms with Crippen molar-refractivity contribution in [1.82, 2.24) is 0 Å². The quantitative estimate of drug-likeness (QED) is 0.621. The molecular formula is C12H18N2O4. The van der Waals surface area contributed by atoms with Gasteiger partial charge in [0.05, 0.1) is 24.2 Å². The molecule has 0 aliphatic rings. The Morgan fingerprint density at radius 3 is 2.56 bits per heavy atom. The van der Waals surface area contributed by atoms with E-state index in [0.717, 1.165) is 6.42 Å². The number of rotatable bonds is 6. The SMILES string of the molecule is CCC(C)Oc1cc([N+](=O)[O-])c(CN)cc1OC. The molecule has 100 valence electrons. The van der Waals surface area contributed by atoms with Crippen LogP contribution in [0.5, 0.6) is 11.5 Å². The minimum atomic E-state index is -0.467. The number of benzene rings is 1. The van der Waals surface area contributed by atoms with Gasteiger partial charge >= 0.3 is 0 Å². The lowest BCUT2D eigenvalue weighted by Crippen LogP contribution is -2.11. The molecule has 0 aromatic heterocycles. The molecule has 0 aliphatic heterocycles. The van der Waals surface area contributed by atoms with E-state index in [9.17, 15) is 10.1 Å². The van der Waals surface area contributed by atoms with Gasteiger partial charge in [0, 0.05) is 12.1 Å². The smallest absolute Gasteiger partial charge is 0.277 e. The summed E-state index contributed by atoms with van der Waals surface area (Å²) in [6.45, 7) is 3.94. The zero-order chi connectivity index (χ0) is 13.7. The van der Waals surface area contributed by atoms with E-state index >= 15 is 0 Å². The van der Waals surface area contributed by atoms with Crippen LogP contribution in [0.1, 0.15) is 25.8 Å². The van der Waals surface area contributed by atoms with Crippen molar-refractivity contribution in [3.8, 4) is 11.5 Å². The lowest BCUT2D eigenvalue weighted by Gasteiger charge is -2.16. The second kappa shape index (κ2) is 6.20. The van der Waals surface area contributed by atoms with Crippen LogP contribution in [0.15, 0.2) is 12.1 Å². The minimum absolute atomic E-state index is 0.0396. The number of nitro benzene ring substituents is 1. The lowest BCUT2D eigenvalue weighted by molar-refractivity contribution is -0.385. The van der Waals surface area contributed by atoms with Crippen LogP contribution in [0.25, 0.3) is 0 Å². The Hall–Kier alpha value is -1.82. The summed E-state index contributed by atoms with van der Waals surface area (Å²) in [4.78, 5) is 10.5. The van der Waals surface area contributed by atoms with Crippen LogP contribution in [0.3, 0.4) is 0 Å². The molecule has 0 radical (unpaired) electrons. The topological polar surface area (TPSA) is 87.6 Å². The van der Waals surface area contributed by atoms with Gasteiger partial charge in [-0.25, -0.2) is 0 Å². The lowest BCUT2D eigenvalue weighted by atomic mass is 10.1. The van der Waals surface area contributed by atoms with Gasteiger partial charge in [0.15, 0.2) is 11.5 Å². The maximum Gasteiger partial charge on any atom is 0.277 e. The van der Waals surface area contributed by atoms with E-state index < -0.39 is 4.92 Å². The molecule has 0 aliphatic carbocycles. The molecule has 6 nitrogen and oxygen atoms in total. The molecule has 2 N–H and O–H groups in total. The Kier molecular flexibility index (Phi) is 4.91. The fourth-order valence-corrected chi connectivity index (χ4v) is 1.48. The van der Waals surface area contributed by atoms with E-state index in [1.807, 2.05) is 13.8 Å². The van der Waals surface area contributed by atoms with Crippen LogP contribution < -0.4 is 15.2 Å². The van der Waals surface area contributed by atoms with Gasteiger partial charge in [-0.1, -0.05) is 6.92 Å². The molecular weight excluding hydrogens is 236 g/mol. The zero-order valence-electron chi connectivity index (χ0n) is 10.8. The Morgan fingerprint density at radius 1 is 1.44 bits per heavy atom. The first-order valence-corrected chi connectivity index (χ1v) is 5.75. The summed E-state index contributed by atoms with van der Waals surface area (Å²) in [6.07, 6.45) is 0.762. The molecule has 1 atom stereocenters. The molecule has 0 spiro atoms. The van der Waals surface area contributed by atoms with Crippen LogP contribution >= 0.6 is 0 Å². The van der Waals surface area contributed by atoms with Crippen LogP contribution in [-0.2, 0) is 6.54 Å². The molecule has 1 unspecified atom stereocenters. The highest BCUT2D eigenvalue weighted by Gasteiger charge is 2.19. The molecule has 1 aromatic rings. The molecule has 0 amide bonds. The maximum absolute atomic E-state index is 10.9.